The minimum absolute atomic E-state index is 0.229. The molecule has 1 saturated carbocycles. The van der Waals surface area contributed by atoms with Crippen molar-refractivity contribution < 1.29 is 0 Å². The minimum atomic E-state index is 0.229. The Morgan fingerprint density at radius 1 is 1.53 bits per heavy atom. The van der Waals surface area contributed by atoms with Crippen LogP contribution in [0.5, 0.6) is 0 Å². The number of hydrogen-bond acceptors (Lipinski definition) is 3. The second-order valence-electron chi connectivity index (χ2n) is 5.46. The SMILES string of the molecule is CCCc1nc(Cn2ccc(C(N)C3CC3)c2)cs1. The standard InChI is InChI=1S/C15H21N3S/c1-2-3-14-17-13(10-19-14)9-18-7-6-12(8-18)15(16)11-4-5-11/h6-8,10-11,15H,2-5,9,16H2,1H3. The first-order valence-electron chi connectivity index (χ1n) is 7.11. The molecule has 0 spiro atoms. The molecular weight excluding hydrogens is 254 g/mol. The van der Waals surface area contributed by atoms with Gasteiger partial charge in [-0.25, -0.2) is 4.98 Å². The van der Waals surface area contributed by atoms with Crippen LogP contribution in [0.15, 0.2) is 23.8 Å². The molecule has 2 aromatic rings. The van der Waals surface area contributed by atoms with Crippen molar-refractivity contribution in [1.82, 2.24) is 9.55 Å². The van der Waals surface area contributed by atoms with E-state index >= 15 is 0 Å². The molecule has 0 saturated heterocycles. The Hall–Kier alpha value is -1.13. The van der Waals surface area contributed by atoms with Gasteiger partial charge in [-0.1, -0.05) is 6.92 Å². The summed E-state index contributed by atoms with van der Waals surface area (Å²) in [6, 6.07) is 2.38. The van der Waals surface area contributed by atoms with Crippen molar-refractivity contribution in [3.05, 3.63) is 40.1 Å². The molecule has 0 aliphatic heterocycles. The highest BCUT2D eigenvalue weighted by Crippen LogP contribution is 2.39. The van der Waals surface area contributed by atoms with E-state index in [1.54, 1.807) is 11.3 Å². The summed E-state index contributed by atoms with van der Waals surface area (Å²) in [5, 5.41) is 3.42. The molecule has 2 aromatic heterocycles. The van der Waals surface area contributed by atoms with Gasteiger partial charge in [0.1, 0.15) is 0 Å². The average Bonchev–Trinajstić information content (AvgIpc) is 3.00. The molecule has 2 N–H and O–H groups in total. The lowest BCUT2D eigenvalue weighted by Gasteiger charge is -2.07. The van der Waals surface area contributed by atoms with Crippen molar-refractivity contribution in [1.29, 1.82) is 0 Å². The highest BCUT2D eigenvalue weighted by atomic mass is 32.1. The summed E-state index contributed by atoms with van der Waals surface area (Å²) < 4.78 is 2.20. The Morgan fingerprint density at radius 2 is 2.37 bits per heavy atom. The molecule has 3 nitrogen and oxygen atoms in total. The Balaban J connectivity index is 1.65. The maximum Gasteiger partial charge on any atom is 0.0928 e. The van der Waals surface area contributed by atoms with Crippen LogP contribution >= 0.6 is 11.3 Å². The third-order valence-corrected chi connectivity index (χ3v) is 4.65. The highest BCUT2D eigenvalue weighted by molar-refractivity contribution is 7.09. The number of aromatic nitrogens is 2. The second-order valence-corrected chi connectivity index (χ2v) is 6.41. The van der Waals surface area contributed by atoms with Crippen molar-refractivity contribution in [2.45, 2.75) is 45.2 Å². The van der Waals surface area contributed by atoms with Gasteiger partial charge in [-0.3, -0.25) is 0 Å². The van der Waals surface area contributed by atoms with E-state index in [0.717, 1.165) is 25.1 Å². The monoisotopic (exact) mass is 275 g/mol. The second kappa shape index (κ2) is 5.47. The molecule has 0 aromatic carbocycles. The van der Waals surface area contributed by atoms with Crippen molar-refractivity contribution in [2.24, 2.45) is 11.7 Å². The van der Waals surface area contributed by atoms with Crippen LogP contribution in [0, 0.1) is 5.92 Å². The van der Waals surface area contributed by atoms with Gasteiger partial charge >= 0.3 is 0 Å². The zero-order valence-corrected chi connectivity index (χ0v) is 12.2. The predicted molar refractivity (Wildman–Crippen MR) is 79.3 cm³/mol. The van der Waals surface area contributed by atoms with Crippen molar-refractivity contribution in [3.63, 3.8) is 0 Å². The first-order valence-corrected chi connectivity index (χ1v) is 7.98. The van der Waals surface area contributed by atoms with E-state index < -0.39 is 0 Å². The van der Waals surface area contributed by atoms with Gasteiger partial charge in [0.05, 0.1) is 17.2 Å². The smallest absolute Gasteiger partial charge is 0.0928 e. The van der Waals surface area contributed by atoms with Crippen LogP contribution in [-0.4, -0.2) is 9.55 Å². The Bertz CT molecular complexity index is 539. The predicted octanol–water partition coefficient (Wildman–Crippen LogP) is 3.36. The molecule has 1 aliphatic carbocycles. The van der Waals surface area contributed by atoms with Crippen LogP contribution in [-0.2, 0) is 13.0 Å². The molecule has 4 heteroatoms. The summed E-state index contributed by atoms with van der Waals surface area (Å²) >= 11 is 1.77. The largest absolute Gasteiger partial charge is 0.348 e. The Kier molecular flexibility index (Phi) is 3.71. The van der Waals surface area contributed by atoms with Crippen LogP contribution < -0.4 is 5.73 Å². The average molecular weight is 275 g/mol. The van der Waals surface area contributed by atoms with E-state index in [0.29, 0.717) is 5.92 Å². The fourth-order valence-corrected chi connectivity index (χ4v) is 3.31. The molecule has 1 unspecified atom stereocenters. The normalized spacial score (nSPS) is 16.7. The molecule has 0 bridgehead atoms. The minimum Gasteiger partial charge on any atom is -0.348 e. The van der Waals surface area contributed by atoms with E-state index in [9.17, 15) is 0 Å². The van der Waals surface area contributed by atoms with E-state index in [4.69, 9.17) is 5.73 Å². The molecule has 0 radical (unpaired) electrons. The van der Waals surface area contributed by atoms with Crippen molar-refractivity contribution >= 4 is 11.3 Å². The van der Waals surface area contributed by atoms with Gasteiger partial charge in [-0.15, -0.1) is 11.3 Å². The first kappa shape index (κ1) is 12.9. The van der Waals surface area contributed by atoms with Crippen LogP contribution in [0.3, 0.4) is 0 Å². The first-order chi connectivity index (χ1) is 9.26. The summed E-state index contributed by atoms with van der Waals surface area (Å²) in [6.07, 6.45) is 9.14. The molecular formula is C15H21N3S. The van der Waals surface area contributed by atoms with Gasteiger partial charge in [-0.05, 0) is 43.2 Å². The number of rotatable bonds is 6. The van der Waals surface area contributed by atoms with Crippen LogP contribution in [0.4, 0.5) is 0 Å². The quantitative estimate of drug-likeness (QED) is 0.878. The van der Waals surface area contributed by atoms with Crippen LogP contribution in [0.1, 0.15) is 48.5 Å². The van der Waals surface area contributed by atoms with Gasteiger partial charge in [-0.2, -0.15) is 0 Å². The summed E-state index contributed by atoms with van der Waals surface area (Å²) in [6.45, 7) is 3.05. The maximum atomic E-state index is 6.22. The third kappa shape index (κ3) is 3.07. The molecule has 1 atom stereocenters. The number of thiazole rings is 1. The number of aryl methyl sites for hydroxylation is 1. The summed E-state index contributed by atoms with van der Waals surface area (Å²) in [5.41, 5.74) is 8.66. The van der Waals surface area contributed by atoms with Gasteiger partial charge in [0.25, 0.3) is 0 Å². The molecule has 1 aliphatic rings. The van der Waals surface area contributed by atoms with E-state index in [1.807, 2.05) is 0 Å². The molecule has 19 heavy (non-hydrogen) atoms. The molecule has 3 rings (SSSR count). The van der Waals surface area contributed by atoms with Gasteiger partial charge in [0.15, 0.2) is 0 Å². The van der Waals surface area contributed by atoms with Crippen molar-refractivity contribution in [2.75, 3.05) is 0 Å². The van der Waals surface area contributed by atoms with Gasteiger partial charge < -0.3 is 10.3 Å². The topological polar surface area (TPSA) is 43.8 Å². The Labute approximate surface area is 118 Å². The summed E-state index contributed by atoms with van der Waals surface area (Å²) in [5.74, 6) is 0.714. The number of hydrogen-bond donors (Lipinski definition) is 1. The summed E-state index contributed by atoms with van der Waals surface area (Å²) in [7, 11) is 0. The fraction of sp³-hybridized carbons (Fsp3) is 0.533. The number of nitrogens with zero attached hydrogens (tertiary/aromatic N) is 2. The van der Waals surface area contributed by atoms with Crippen LogP contribution in [0.25, 0.3) is 0 Å². The lowest BCUT2D eigenvalue weighted by molar-refractivity contribution is 0.630. The molecule has 102 valence electrons. The third-order valence-electron chi connectivity index (χ3n) is 3.70. The molecule has 0 amide bonds. The Morgan fingerprint density at radius 3 is 3.11 bits per heavy atom. The van der Waals surface area contributed by atoms with Crippen molar-refractivity contribution in [3.8, 4) is 0 Å². The van der Waals surface area contributed by atoms with Crippen LogP contribution in [0.2, 0.25) is 0 Å². The maximum absolute atomic E-state index is 6.22. The van der Waals surface area contributed by atoms with E-state index in [-0.39, 0.29) is 6.04 Å². The van der Waals surface area contributed by atoms with E-state index in [2.05, 4.69) is 40.3 Å². The number of nitrogens with two attached hydrogens (primary N) is 1. The van der Waals surface area contributed by atoms with E-state index in [1.165, 1.54) is 23.4 Å². The fourth-order valence-electron chi connectivity index (χ4n) is 2.42. The summed E-state index contributed by atoms with van der Waals surface area (Å²) in [4.78, 5) is 4.66. The highest BCUT2D eigenvalue weighted by Gasteiger charge is 2.29. The van der Waals surface area contributed by atoms with Gasteiger partial charge in [0, 0.05) is 23.8 Å². The molecule has 1 fully saturated rings. The lowest BCUT2D eigenvalue weighted by atomic mass is 10.1. The van der Waals surface area contributed by atoms with Gasteiger partial charge in [0.2, 0.25) is 0 Å². The zero-order valence-electron chi connectivity index (χ0n) is 11.4. The lowest BCUT2D eigenvalue weighted by Crippen LogP contribution is -2.11. The zero-order chi connectivity index (χ0) is 13.2. The molecule has 2 heterocycles.